The second-order valence-electron chi connectivity index (χ2n) is 5.82. The van der Waals surface area contributed by atoms with E-state index < -0.39 is 20.9 Å². The van der Waals surface area contributed by atoms with Crippen molar-refractivity contribution in [2.24, 2.45) is 0 Å². The van der Waals surface area contributed by atoms with Crippen molar-refractivity contribution in [3.8, 4) is 0 Å². The third kappa shape index (κ3) is 1.29. The van der Waals surface area contributed by atoms with Gasteiger partial charge in [-0.25, -0.2) is 8.42 Å². The zero-order valence-corrected chi connectivity index (χ0v) is 10.5. The van der Waals surface area contributed by atoms with Gasteiger partial charge >= 0.3 is 0 Å². The summed E-state index contributed by atoms with van der Waals surface area (Å²) in [5, 5.41) is 9.70. The molecule has 0 spiro atoms. The quantitative estimate of drug-likeness (QED) is 0.679. The van der Waals surface area contributed by atoms with Gasteiger partial charge < -0.3 is 5.11 Å². The smallest absolute Gasteiger partial charge is 0.220 e. The van der Waals surface area contributed by atoms with E-state index in [1.807, 2.05) is 6.92 Å². The summed E-state index contributed by atoms with van der Waals surface area (Å²) in [5.41, 5.74) is -0.314. The summed E-state index contributed by atoms with van der Waals surface area (Å²) in [7, 11) is -3.28. The zero-order valence-electron chi connectivity index (χ0n) is 9.69. The van der Waals surface area contributed by atoms with E-state index in [1.54, 1.807) is 20.8 Å². The Morgan fingerprint density at radius 3 is 2.27 bits per heavy atom. The largest absolute Gasteiger partial charge is 0.391 e. The van der Waals surface area contributed by atoms with Gasteiger partial charge in [-0.2, -0.15) is 4.31 Å². The summed E-state index contributed by atoms with van der Waals surface area (Å²) in [5.74, 6) is 0. The van der Waals surface area contributed by atoms with Crippen molar-refractivity contribution in [3.05, 3.63) is 0 Å². The van der Waals surface area contributed by atoms with Gasteiger partial charge in [0.15, 0.2) is 0 Å². The van der Waals surface area contributed by atoms with Crippen LogP contribution in [0.1, 0.15) is 40.5 Å². The summed E-state index contributed by atoms with van der Waals surface area (Å²) in [4.78, 5) is 0. The second-order valence-corrected chi connectivity index (χ2v) is 8.39. The van der Waals surface area contributed by atoms with Gasteiger partial charge in [-0.15, -0.1) is 0 Å². The van der Waals surface area contributed by atoms with Gasteiger partial charge in [0.1, 0.15) is 0 Å². The predicted octanol–water partition coefficient (Wildman–Crippen LogP) is 0.712. The van der Waals surface area contributed by atoms with Crippen LogP contribution in [-0.4, -0.2) is 40.3 Å². The molecule has 1 saturated heterocycles. The lowest BCUT2D eigenvalue weighted by atomic mass is 10.1. The maximum atomic E-state index is 12.2. The maximum Gasteiger partial charge on any atom is 0.220 e. The van der Waals surface area contributed by atoms with E-state index >= 15 is 0 Å². The van der Waals surface area contributed by atoms with Gasteiger partial charge in [-0.1, -0.05) is 0 Å². The third-order valence-corrected chi connectivity index (χ3v) is 6.38. The van der Waals surface area contributed by atoms with Crippen molar-refractivity contribution in [1.82, 2.24) is 4.31 Å². The van der Waals surface area contributed by atoms with Crippen LogP contribution < -0.4 is 0 Å². The molecule has 0 aromatic heterocycles. The Morgan fingerprint density at radius 1 is 1.40 bits per heavy atom. The fraction of sp³-hybridized carbons (Fsp3) is 1.00. The van der Waals surface area contributed by atoms with Crippen molar-refractivity contribution >= 4 is 10.0 Å². The second kappa shape index (κ2) is 2.76. The molecule has 4 nitrogen and oxygen atoms in total. The minimum absolute atomic E-state index is 0.179. The van der Waals surface area contributed by atoms with Crippen LogP contribution in [0, 0.1) is 0 Å². The van der Waals surface area contributed by atoms with Gasteiger partial charge in [0.05, 0.1) is 22.4 Å². The van der Waals surface area contributed by atoms with Crippen LogP contribution in [0.25, 0.3) is 0 Å². The molecule has 0 amide bonds. The Kier molecular flexibility index (Phi) is 2.09. The molecule has 1 unspecified atom stereocenters. The Balaban J connectivity index is 2.31. The van der Waals surface area contributed by atoms with Crippen LogP contribution in [0.2, 0.25) is 0 Å². The van der Waals surface area contributed by atoms with Gasteiger partial charge in [0.2, 0.25) is 10.0 Å². The maximum absolute atomic E-state index is 12.2. The minimum Gasteiger partial charge on any atom is -0.391 e. The lowest BCUT2D eigenvalue weighted by Gasteiger charge is -2.24. The van der Waals surface area contributed by atoms with E-state index in [2.05, 4.69) is 0 Å². The molecule has 0 bridgehead atoms. The molecule has 15 heavy (non-hydrogen) atoms. The molecule has 2 fully saturated rings. The fourth-order valence-corrected chi connectivity index (χ4v) is 4.53. The minimum atomic E-state index is -3.28. The van der Waals surface area contributed by atoms with E-state index in [0.29, 0.717) is 0 Å². The summed E-state index contributed by atoms with van der Waals surface area (Å²) in [6.45, 7) is 7.03. The topological polar surface area (TPSA) is 57.4 Å². The van der Waals surface area contributed by atoms with Crippen molar-refractivity contribution in [2.75, 3.05) is 0 Å². The highest BCUT2D eigenvalue weighted by atomic mass is 32.2. The highest BCUT2D eigenvalue weighted by Gasteiger charge is 2.72. The van der Waals surface area contributed by atoms with E-state index in [4.69, 9.17) is 0 Å². The van der Waals surface area contributed by atoms with Crippen LogP contribution in [0.15, 0.2) is 0 Å². The molecule has 5 heteroatoms. The van der Waals surface area contributed by atoms with Crippen LogP contribution in [0.3, 0.4) is 0 Å². The molecule has 88 valence electrons. The number of rotatable bonds is 1. The first-order valence-corrected chi connectivity index (χ1v) is 6.78. The summed E-state index contributed by atoms with van der Waals surface area (Å²) >= 11 is 0. The number of aliphatic hydroxyl groups is 1. The van der Waals surface area contributed by atoms with Gasteiger partial charge in [-0.3, -0.25) is 0 Å². The Morgan fingerprint density at radius 2 is 1.93 bits per heavy atom. The highest BCUT2D eigenvalue weighted by molar-refractivity contribution is 7.90. The van der Waals surface area contributed by atoms with Crippen molar-refractivity contribution < 1.29 is 13.5 Å². The standard InChI is InChI=1S/C10H19NO3S/c1-9(2,3)15(13,14)11-8-7(12)5-6-10(8,11)4/h7-8,12H,5-6H2,1-4H3/t7-,8-,10+,11?/m1/s1. The number of aliphatic hydroxyl groups excluding tert-OH is 1. The molecule has 1 saturated carbocycles. The lowest BCUT2D eigenvalue weighted by Crippen LogP contribution is -2.38. The van der Waals surface area contributed by atoms with Gasteiger partial charge in [0, 0.05) is 0 Å². The summed E-state index contributed by atoms with van der Waals surface area (Å²) in [6.07, 6.45) is 1.01. The predicted molar refractivity (Wildman–Crippen MR) is 57.9 cm³/mol. The summed E-state index contributed by atoms with van der Waals surface area (Å²) in [6, 6.07) is -0.179. The molecule has 4 atom stereocenters. The number of hydrogen-bond donors (Lipinski definition) is 1. The monoisotopic (exact) mass is 233 g/mol. The Bertz CT molecular complexity index is 384. The first-order chi connectivity index (χ1) is 6.62. The zero-order chi connectivity index (χ0) is 11.6. The van der Waals surface area contributed by atoms with Crippen LogP contribution in [0.4, 0.5) is 0 Å². The molecule has 1 N–H and O–H groups in total. The van der Waals surface area contributed by atoms with E-state index in [-0.39, 0.29) is 11.6 Å². The van der Waals surface area contributed by atoms with Gasteiger partial charge in [-0.05, 0) is 40.5 Å². The Labute approximate surface area is 91.3 Å². The first-order valence-electron chi connectivity index (χ1n) is 5.34. The molecule has 1 aliphatic heterocycles. The molecule has 0 radical (unpaired) electrons. The molecule has 0 aromatic rings. The van der Waals surface area contributed by atoms with E-state index in [9.17, 15) is 13.5 Å². The number of piperidine rings is 1. The molecule has 1 heterocycles. The number of hydrogen-bond acceptors (Lipinski definition) is 3. The van der Waals surface area contributed by atoms with Crippen LogP contribution >= 0.6 is 0 Å². The normalized spacial score (nSPS) is 45.3. The molecule has 0 aromatic carbocycles. The van der Waals surface area contributed by atoms with Gasteiger partial charge in [0.25, 0.3) is 0 Å². The molecule has 2 aliphatic rings. The molecular formula is C10H19NO3S. The van der Waals surface area contributed by atoms with E-state index in [1.165, 1.54) is 4.31 Å². The lowest BCUT2D eigenvalue weighted by molar-refractivity contribution is 0.163. The first kappa shape index (κ1) is 11.4. The van der Waals surface area contributed by atoms with Crippen molar-refractivity contribution in [1.29, 1.82) is 0 Å². The average Bonchev–Trinajstić information content (AvgIpc) is 2.58. The molecule has 1 aliphatic carbocycles. The molecule has 2 rings (SSSR count). The Hall–Kier alpha value is -0.130. The van der Waals surface area contributed by atoms with Crippen molar-refractivity contribution in [3.63, 3.8) is 0 Å². The van der Waals surface area contributed by atoms with Crippen molar-refractivity contribution in [2.45, 2.75) is 63.0 Å². The average molecular weight is 233 g/mol. The highest BCUT2D eigenvalue weighted by Crippen LogP contribution is 2.56. The number of fused-ring (bicyclic) bond motifs is 1. The van der Waals surface area contributed by atoms with Crippen LogP contribution in [0.5, 0.6) is 0 Å². The SMILES string of the molecule is CC(C)(C)S(=O)(=O)N1[C@@H]2[C@H](O)CC[C@@]21C. The van der Waals surface area contributed by atoms with Crippen LogP contribution in [-0.2, 0) is 10.0 Å². The number of nitrogens with zero attached hydrogens (tertiary/aromatic N) is 1. The van der Waals surface area contributed by atoms with E-state index in [0.717, 1.165) is 12.8 Å². The number of sulfonamides is 1. The fourth-order valence-electron chi connectivity index (χ4n) is 2.57. The third-order valence-electron chi connectivity index (χ3n) is 3.67. The summed E-state index contributed by atoms with van der Waals surface area (Å²) < 4.78 is 25.1. The molecular weight excluding hydrogens is 214 g/mol.